The van der Waals surface area contributed by atoms with Crippen molar-refractivity contribution in [2.75, 3.05) is 5.75 Å². The van der Waals surface area contributed by atoms with Gasteiger partial charge in [0.15, 0.2) is 11.6 Å². The maximum Gasteiger partial charge on any atom is 0.178 e. The topological polar surface area (TPSA) is 74.6 Å². The molecule has 0 saturated heterocycles. The number of rotatable bonds is 4. The van der Waals surface area contributed by atoms with E-state index >= 15 is 0 Å². The minimum absolute atomic E-state index is 0.0119. The minimum atomic E-state index is -1.53. The zero-order chi connectivity index (χ0) is 25.3. The number of Topliss-reactive ketones (excluding diaryl/α,β-unsaturated/α-hetero) is 1. The summed E-state index contributed by atoms with van der Waals surface area (Å²) >= 11 is 13.8. The quantitative estimate of drug-likeness (QED) is 0.469. The van der Waals surface area contributed by atoms with Crippen LogP contribution in [0.25, 0.3) is 0 Å². The molecule has 0 radical (unpaired) electrons. The van der Waals surface area contributed by atoms with Crippen LogP contribution in [-0.2, 0) is 9.59 Å². The first-order chi connectivity index (χ1) is 16.4. The van der Waals surface area contributed by atoms with Crippen LogP contribution < -0.4 is 0 Å². The molecular weight excluding hydrogens is 503 g/mol. The van der Waals surface area contributed by atoms with Gasteiger partial charge in [-0.25, -0.2) is 0 Å². The molecule has 3 saturated carbocycles. The molecule has 5 rings (SSSR count). The monoisotopic (exact) mass is 534 g/mol. The van der Waals surface area contributed by atoms with Gasteiger partial charge in [0.1, 0.15) is 5.60 Å². The fourth-order valence-electron chi connectivity index (χ4n) is 8.10. The van der Waals surface area contributed by atoms with Crippen molar-refractivity contribution in [3.8, 4) is 0 Å². The summed E-state index contributed by atoms with van der Waals surface area (Å²) < 4.78 is 0. The van der Waals surface area contributed by atoms with E-state index < -0.39 is 17.1 Å². The van der Waals surface area contributed by atoms with Gasteiger partial charge in [0.2, 0.25) is 0 Å². The van der Waals surface area contributed by atoms with Crippen LogP contribution in [-0.4, -0.2) is 39.2 Å². The van der Waals surface area contributed by atoms with E-state index in [1.807, 2.05) is 26.0 Å². The van der Waals surface area contributed by atoms with Gasteiger partial charge in [-0.1, -0.05) is 61.7 Å². The van der Waals surface area contributed by atoms with Gasteiger partial charge in [-0.05, 0) is 67.7 Å². The van der Waals surface area contributed by atoms with Crippen LogP contribution in [0.15, 0.2) is 46.9 Å². The Kier molecular flexibility index (Phi) is 6.37. The molecule has 2 N–H and O–H groups in total. The Hall–Kier alpha value is -1.11. The van der Waals surface area contributed by atoms with E-state index in [-0.39, 0.29) is 46.4 Å². The summed E-state index contributed by atoms with van der Waals surface area (Å²) in [7, 11) is 0. The summed E-state index contributed by atoms with van der Waals surface area (Å²) in [6, 6.07) is 5.32. The third-order valence-corrected chi connectivity index (χ3v) is 11.8. The summed E-state index contributed by atoms with van der Waals surface area (Å²) in [5, 5.41) is 24.5. The van der Waals surface area contributed by atoms with Crippen molar-refractivity contribution in [1.29, 1.82) is 0 Å². The van der Waals surface area contributed by atoms with Crippen LogP contribution in [0.1, 0.15) is 46.5 Å². The van der Waals surface area contributed by atoms with Crippen LogP contribution in [0.3, 0.4) is 0 Å². The lowest BCUT2D eigenvalue weighted by Crippen LogP contribution is -2.62. The number of fused-ring (bicyclic) bond motifs is 5. The van der Waals surface area contributed by atoms with Gasteiger partial charge >= 0.3 is 0 Å². The lowest BCUT2D eigenvalue weighted by molar-refractivity contribution is -0.179. The Morgan fingerprint density at radius 1 is 1.26 bits per heavy atom. The molecule has 4 aliphatic carbocycles. The Morgan fingerprint density at radius 3 is 2.74 bits per heavy atom. The standard InChI is InChI=1S/C28H32Cl2O4S/c1-15-11-19-18-8-7-16-12-17(31)9-10-26(16,2)24(18)21(32)13-27(19,3)28(15,34)23(33)14-35-22-6-4-5-20(29)25(22)30/h4-6,9-10,12,15,18-19,21,24,32,34H,7-8,11,13-14H2,1-3H3/t15-,18?,19?,21+,24?,26?,27?,28+/m1/s1. The van der Waals surface area contributed by atoms with Crippen LogP contribution in [0.4, 0.5) is 0 Å². The van der Waals surface area contributed by atoms with Crippen molar-refractivity contribution in [3.63, 3.8) is 0 Å². The SMILES string of the molecule is C[C@@H]1CC2C3CCC4=CC(=O)C=CC4(C)C3[C@@H](O)CC2(C)[C@@]1(O)C(=O)CSc1cccc(Cl)c1Cl. The zero-order valence-electron chi connectivity index (χ0n) is 20.3. The van der Waals surface area contributed by atoms with Crippen LogP contribution >= 0.6 is 35.0 Å². The molecule has 0 heterocycles. The molecule has 1 aromatic rings. The van der Waals surface area contributed by atoms with Crippen molar-refractivity contribution in [3.05, 3.63) is 52.0 Å². The maximum atomic E-state index is 13.7. The molecule has 0 spiro atoms. The maximum absolute atomic E-state index is 13.7. The molecule has 8 atom stereocenters. The number of carbonyl (C=O) groups is 2. The van der Waals surface area contributed by atoms with Gasteiger partial charge in [0.25, 0.3) is 0 Å². The highest BCUT2D eigenvalue weighted by molar-refractivity contribution is 8.00. The molecule has 0 bridgehead atoms. The number of aliphatic hydroxyl groups is 2. The molecule has 0 aromatic heterocycles. The number of benzene rings is 1. The summed E-state index contributed by atoms with van der Waals surface area (Å²) in [5.41, 5.74) is -1.53. The second-order valence-corrected chi connectivity index (χ2v) is 13.2. The first-order valence-electron chi connectivity index (χ1n) is 12.4. The summed E-state index contributed by atoms with van der Waals surface area (Å²) in [6.07, 6.45) is 7.44. The number of ketones is 2. The Morgan fingerprint density at radius 2 is 2.00 bits per heavy atom. The zero-order valence-corrected chi connectivity index (χ0v) is 22.6. The first-order valence-corrected chi connectivity index (χ1v) is 14.1. The molecule has 1 aromatic carbocycles. The molecule has 7 heteroatoms. The van der Waals surface area contributed by atoms with Gasteiger partial charge in [-0.15, -0.1) is 11.8 Å². The van der Waals surface area contributed by atoms with E-state index in [2.05, 4.69) is 6.92 Å². The number of thioether (sulfide) groups is 1. The number of allylic oxidation sites excluding steroid dienone is 4. The third kappa shape index (κ3) is 3.64. The fourth-order valence-corrected chi connectivity index (χ4v) is 9.54. The van der Waals surface area contributed by atoms with Gasteiger partial charge in [0, 0.05) is 21.6 Å². The molecule has 0 amide bonds. The second kappa shape index (κ2) is 8.73. The number of hydrogen-bond acceptors (Lipinski definition) is 5. The second-order valence-electron chi connectivity index (χ2n) is 11.4. The number of hydrogen-bond donors (Lipinski definition) is 2. The fraction of sp³-hybridized carbons (Fsp3) is 0.571. The molecule has 3 fully saturated rings. The van der Waals surface area contributed by atoms with E-state index in [0.29, 0.717) is 21.4 Å². The van der Waals surface area contributed by atoms with Crippen molar-refractivity contribution >= 4 is 46.5 Å². The van der Waals surface area contributed by atoms with E-state index in [4.69, 9.17) is 23.2 Å². The van der Waals surface area contributed by atoms with Crippen LogP contribution in [0.5, 0.6) is 0 Å². The third-order valence-electron chi connectivity index (χ3n) is 9.78. The van der Waals surface area contributed by atoms with Crippen molar-refractivity contribution in [1.82, 2.24) is 0 Å². The Balaban J connectivity index is 1.44. The highest BCUT2D eigenvalue weighted by Gasteiger charge is 2.70. The van der Waals surface area contributed by atoms with E-state index in [9.17, 15) is 19.8 Å². The molecule has 4 aliphatic rings. The molecule has 35 heavy (non-hydrogen) atoms. The van der Waals surface area contributed by atoms with Gasteiger partial charge in [0.05, 0.1) is 21.9 Å². The minimum Gasteiger partial charge on any atom is -0.393 e. The highest BCUT2D eigenvalue weighted by atomic mass is 35.5. The lowest BCUT2D eigenvalue weighted by atomic mass is 9.46. The Bertz CT molecular complexity index is 1150. The number of halogens is 2. The van der Waals surface area contributed by atoms with Gasteiger partial charge < -0.3 is 10.2 Å². The van der Waals surface area contributed by atoms with E-state index in [1.165, 1.54) is 11.8 Å². The van der Waals surface area contributed by atoms with E-state index in [1.54, 1.807) is 24.3 Å². The molecule has 188 valence electrons. The normalized spacial score (nSPS) is 42.2. The highest BCUT2D eigenvalue weighted by Crippen LogP contribution is 2.68. The predicted octanol–water partition coefficient (Wildman–Crippen LogP) is 5.91. The van der Waals surface area contributed by atoms with E-state index in [0.717, 1.165) is 24.8 Å². The largest absolute Gasteiger partial charge is 0.393 e. The number of carbonyl (C=O) groups excluding carboxylic acids is 2. The van der Waals surface area contributed by atoms with Crippen LogP contribution in [0, 0.1) is 34.5 Å². The molecule has 4 nitrogen and oxygen atoms in total. The summed E-state index contributed by atoms with van der Waals surface area (Å²) in [4.78, 5) is 26.5. The average molecular weight is 536 g/mol. The predicted molar refractivity (Wildman–Crippen MR) is 140 cm³/mol. The average Bonchev–Trinajstić information content (AvgIpc) is 3.01. The van der Waals surface area contributed by atoms with Crippen molar-refractivity contribution in [2.45, 2.75) is 63.1 Å². The van der Waals surface area contributed by atoms with Crippen molar-refractivity contribution in [2.24, 2.45) is 34.5 Å². The van der Waals surface area contributed by atoms with Crippen LogP contribution in [0.2, 0.25) is 10.0 Å². The summed E-state index contributed by atoms with van der Waals surface area (Å²) in [6.45, 7) is 6.10. The Labute approximate surface area is 221 Å². The number of aliphatic hydroxyl groups excluding tert-OH is 1. The molecule has 0 aliphatic heterocycles. The van der Waals surface area contributed by atoms with Gasteiger partial charge in [-0.2, -0.15) is 0 Å². The molecular formula is C28H32Cl2O4S. The smallest absolute Gasteiger partial charge is 0.178 e. The van der Waals surface area contributed by atoms with Crippen molar-refractivity contribution < 1.29 is 19.8 Å². The van der Waals surface area contributed by atoms with Gasteiger partial charge in [-0.3, -0.25) is 9.59 Å². The summed E-state index contributed by atoms with van der Waals surface area (Å²) in [5.74, 6) is -0.0887. The molecule has 5 unspecified atom stereocenters. The lowest BCUT2D eigenvalue weighted by Gasteiger charge is -2.59. The first kappa shape index (κ1) is 25.5.